The standard InChI is InChI=1S/C23H22N4O4S2/c1-14-21-18(23(28)24-15-5-3-6-17(11-15)31-2)12-19(20-7-4-9-32-20)25-22(21)27(26-14)16-8-10-33(29,30)13-16/h3-7,9,11-12,16H,8,10,13H2,1-2H3,(H,24,28). The summed E-state index contributed by atoms with van der Waals surface area (Å²) in [5.74, 6) is 0.499. The van der Waals surface area contributed by atoms with E-state index in [1.165, 1.54) is 11.3 Å². The summed E-state index contributed by atoms with van der Waals surface area (Å²) in [4.78, 5) is 19.2. The number of ether oxygens (including phenoxy) is 1. The molecule has 170 valence electrons. The lowest BCUT2D eigenvalue weighted by Crippen LogP contribution is -2.15. The van der Waals surface area contributed by atoms with Gasteiger partial charge in [-0.05, 0) is 43.0 Å². The number of amides is 1. The van der Waals surface area contributed by atoms with Gasteiger partial charge in [-0.15, -0.1) is 11.3 Å². The van der Waals surface area contributed by atoms with Gasteiger partial charge >= 0.3 is 0 Å². The molecule has 0 radical (unpaired) electrons. The zero-order valence-electron chi connectivity index (χ0n) is 18.1. The zero-order valence-corrected chi connectivity index (χ0v) is 19.7. The first kappa shape index (κ1) is 21.6. The molecule has 1 N–H and O–H groups in total. The third kappa shape index (κ3) is 4.11. The van der Waals surface area contributed by atoms with Gasteiger partial charge in [0, 0.05) is 11.8 Å². The number of aromatic nitrogens is 3. The average Bonchev–Trinajstić information content (AvgIpc) is 3.52. The lowest BCUT2D eigenvalue weighted by Gasteiger charge is -2.12. The van der Waals surface area contributed by atoms with E-state index in [9.17, 15) is 13.2 Å². The van der Waals surface area contributed by atoms with Crippen LogP contribution >= 0.6 is 11.3 Å². The third-order valence-corrected chi connectivity index (χ3v) is 8.38. The van der Waals surface area contributed by atoms with Gasteiger partial charge in [0.1, 0.15) is 5.75 Å². The second kappa shape index (κ2) is 8.27. The zero-order chi connectivity index (χ0) is 23.2. The second-order valence-corrected chi connectivity index (χ2v) is 11.2. The summed E-state index contributed by atoms with van der Waals surface area (Å²) in [5.41, 5.74) is 2.85. The number of hydrogen-bond acceptors (Lipinski definition) is 7. The van der Waals surface area contributed by atoms with E-state index < -0.39 is 9.84 Å². The van der Waals surface area contributed by atoms with E-state index in [1.807, 2.05) is 24.4 Å². The highest BCUT2D eigenvalue weighted by atomic mass is 32.2. The number of nitrogens with one attached hydrogen (secondary N) is 1. The first-order valence-corrected chi connectivity index (χ1v) is 13.1. The number of anilines is 1. The number of pyridine rings is 1. The number of carbonyl (C=O) groups excluding carboxylic acids is 1. The Bertz CT molecular complexity index is 1460. The summed E-state index contributed by atoms with van der Waals surface area (Å²) in [6.45, 7) is 1.82. The van der Waals surface area contributed by atoms with Crippen LogP contribution in [0, 0.1) is 6.92 Å². The van der Waals surface area contributed by atoms with Crippen molar-refractivity contribution in [3.05, 3.63) is 59.1 Å². The molecule has 10 heteroatoms. The molecule has 5 rings (SSSR count). The predicted octanol–water partition coefficient (Wildman–Crippen LogP) is 4.09. The van der Waals surface area contributed by atoms with Gasteiger partial charge in [-0.3, -0.25) is 4.79 Å². The molecule has 1 aliphatic heterocycles. The van der Waals surface area contributed by atoms with Crippen LogP contribution in [0.4, 0.5) is 5.69 Å². The van der Waals surface area contributed by atoms with Crippen LogP contribution in [0.25, 0.3) is 21.6 Å². The van der Waals surface area contributed by atoms with E-state index in [1.54, 1.807) is 42.1 Å². The molecule has 0 aliphatic carbocycles. The number of nitrogens with zero attached hydrogens (tertiary/aromatic N) is 3. The summed E-state index contributed by atoms with van der Waals surface area (Å²) in [7, 11) is -1.54. The molecule has 1 saturated heterocycles. The Morgan fingerprint density at radius 1 is 1.24 bits per heavy atom. The van der Waals surface area contributed by atoms with Crippen molar-refractivity contribution in [1.29, 1.82) is 0 Å². The number of methoxy groups -OCH3 is 1. The van der Waals surface area contributed by atoms with Crippen LogP contribution in [0.1, 0.15) is 28.5 Å². The summed E-state index contributed by atoms with van der Waals surface area (Å²) < 4.78 is 31.2. The highest BCUT2D eigenvalue weighted by molar-refractivity contribution is 7.91. The first-order chi connectivity index (χ1) is 15.8. The molecule has 33 heavy (non-hydrogen) atoms. The summed E-state index contributed by atoms with van der Waals surface area (Å²) in [6, 6.07) is 12.5. The van der Waals surface area contributed by atoms with E-state index in [0.29, 0.717) is 45.8 Å². The maximum atomic E-state index is 13.4. The first-order valence-electron chi connectivity index (χ1n) is 10.4. The van der Waals surface area contributed by atoms with Gasteiger partial charge in [0.05, 0.1) is 51.9 Å². The van der Waals surface area contributed by atoms with Gasteiger partial charge < -0.3 is 10.1 Å². The number of hydrogen-bond donors (Lipinski definition) is 1. The minimum Gasteiger partial charge on any atom is -0.497 e. The smallest absolute Gasteiger partial charge is 0.256 e. The number of fused-ring (bicyclic) bond motifs is 1. The van der Waals surface area contributed by atoms with Gasteiger partial charge in [-0.2, -0.15) is 5.10 Å². The molecule has 0 saturated carbocycles. The Morgan fingerprint density at radius 3 is 2.79 bits per heavy atom. The van der Waals surface area contributed by atoms with Crippen LogP contribution < -0.4 is 10.1 Å². The molecule has 4 heterocycles. The van der Waals surface area contributed by atoms with Crippen molar-refractivity contribution >= 4 is 43.8 Å². The fraction of sp³-hybridized carbons (Fsp3) is 0.261. The van der Waals surface area contributed by atoms with Crippen molar-refractivity contribution in [2.24, 2.45) is 0 Å². The highest BCUT2D eigenvalue weighted by Gasteiger charge is 2.32. The average molecular weight is 483 g/mol. The Balaban J connectivity index is 1.64. The van der Waals surface area contributed by atoms with Gasteiger partial charge in [0.25, 0.3) is 5.91 Å². The molecule has 3 aromatic heterocycles. The molecule has 8 nitrogen and oxygen atoms in total. The minimum atomic E-state index is -3.11. The molecule has 1 fully saturated rings. The van der Waals surface area contributed by atoms with Crippen molar-refractivity contribution in [2.75, 3.05) is 23.9 Å². The van der Waals surface area contributed by atoms with Gasteiger partial charge in [-0.1, -0.05) is 12.1 Å². The number of carbonyl (C=O) groups is 1. The van der Waals surface area contributed by atoms with Crippen LogP contribution in [0.2, 0.25) is 0 Å². The summed E-state index contributed by atoms with van der Waals surface area (Å²) in [6.07, 6.45) is 0.481. The molecule has 1 unspecified atom stereocenters. The fourth-order valence-electron chi connectivity index (χ4n) is 4.16. The van der Waals surface area contributed by atoms with Gasteiger partial charge in [0.15, 0.2) is 15.5 Å². The van der Waals surface area contributed by atoms with Crippen LogP contribution in [0.3, 0.4) is 0 Å². The van der Waals surface area contributed by atoms with E-state index in [-0.39, 0.29) is 23.5 Å². The quantitative estimate of drug-likeness (QED) is 0.460. The predicted molar refractivity (Wildman–Crippen MR) is 129 cm³/mol. The molecular formula is C23H22N4O4S2. The van der Waals surface area contributed by atoms with E-state index in [0.717, 1.165) is 4.88 Å². The minimum absolute atomic E-state index is 0.0273. The number of aryl methyl sites for hydroxylation is 1. The molecular weight excluding hydrogens is 460 g/mol. The largest absolute Gasteiger partial charge is 0.497 e. The van der Waals surface area contributed by atoms with Crippen molar-refractivity contribution in [2.45, 2.75) is 19.4 Å². The molecule has 0 spiro atoms. The second-order valence-electron chi connectivity index (χ2n) is 8.00. The Morgan fingerprint density at radius 2 is 2.09 bits per heavy atom. The van der Waals surface area contributed by atoms with Gasteiger partial charge in [-0.25, -0.2) is 18.1 Å². The molecule has 4 aromatic rings. The molecule has 1 aromatic carbocycles. The number of thiophene rings is 1. The van der Waals surface area contributed by atoms with Crippen LogP contribution in [0.5, 0.6) is 5.75 Å². The van der Waals surface area contributed by atoms with E-state index in [2.05, 4.69) is 10.4 Å². The van der Waals surface area contributed by atoms with Crippen LogP contribution in [-0.2, 0) is 9.84 Å². The number of sulfone groups is 1. The maximum Gasteiger partial charge on any atom is 0.256 e. The van der Waals surface area contributed by atoms with Crippen molar-refractivity contribution in [1.82, 2.24) is 14.8 Å². The molecule has 1 amide bonds. The maximum absolute atomic E-state index is 13.4. The fourth-order valence-corrected chi connectivity index (χ4v) is 6.54. The Kier molecular flexibility index (Phi) is 5.41. The summed E-state index contributed by atoms with van der Waals surface area (Å²) in [5, 5.41) is 10.1. The van der Waals surface area contributed by atoms with Crippen molar-refractivity contribution in [3.8, 4) is 16.3 Å². The van der Waals surface area contributed by atoms with Crippen molar-refractivity contribution < 1.29 is 17.9 Å². The van der Waals surface area contributed by atoms with Crippen LogP contribution in [0.15, 0.2) is 47.8 Å². The topological polar surface area (TPSA) is 103 Å². The summed E-state index contributed by atoms with van der Waals surface area (Å²) >= 11 is 1.52. The van der Waals surface area contributed by atoms with Crippen LogP contribution in [-0.4, -0.2) is 47.7 Å². The highest BCUT2D eigenvalue weighted by Crippen LogP contribution is 2.33. The molecule has 1 aliphatic rings. The molecule has 0 bridgehead atoms. The van der Waals surface area contributed by atoms with E-state index >= 15 is 0 Å². The van der Waals surface area contributed by atoms with Crippen molar-refractivity contribution in [3.63, 3.8) is 0 Å². The Labute approximate surface area is 195 Å². The lowest BCUT2D eigenvalue weighted by molar-refractivity contribution is 0.102. The third-order valence-electron chi connectivity index (χ3n) is 5.74. The van der Waals surface area contributed by atoms with Gasteiger partial charge in [0.2, 0.25) is 0 Å². The molecule has 1 atom stereocenters. The van der Waals surface area contributed by atoms with E-state index in [4.69, 9.17) is 9.72 Å². The monoisotopic (exact) mass is 482 g/mol. The number of rotatable bonds is 5. The Hall–Kier alpha value is -3.24. The normalized spacial score (nSPS) is 17.3. The SMILES string of the molecule is COc1cccc(NC(=O)c2cc(-c3cccs3)nc3c2c(C)nn3C2CCS(=O)(=O)C2)c1. The number of benzene rings is 1. The lowest BCUT2D eigenvalue weighted by atomic mass is 10.1.